The van der Waals surface area contributed by atoms with Gasteiger partial charge in [-0.2, -0.15) is 0 Å². The van der Waals surface area contributed by atoms with Gasteiger partial charge >= 0.3 is 0 Å². The lowest BCUT2D eigenvalue weighted by atomic mass is 9.98. The molecule has 2 unspecified atom stereocenters. The van der Waals surface area contributed by atoms with Crippen LogP contribution in [0.3, 0.4) is 0 Å². The van der Waals surface area contributed by atoms with Crippen molar-refractivity contribution in [3.05, 3.63) is 35.9 Å². The van der Waals surface area contributed by atoms with Gasteiger partial charge in [0.2, 0.25) is 5.91 Å². The molecule has 4 nitrogen and oxygen atoms in total. The van der Waals surface area contributed by atoms with Crippen LogP contribution >= 0.6 is 0 Å². The minimum Gasteiger partial charge on any atom is -0.391 e. The molecule has 1 heterocycles. The first-order valence-corrected chi connectivity index (χ1v) is 8.81. The van der Waals surface area contributed by atoms with Gasteiger partial charge in [0.05, 0.1) is 12.1 Å². The van der Waals surface area contributed by atoms with Crippen LogP contribution in [0.5, 0.6) is 0 Å². The van der Waals surface area contributed by atoms with Crippen molar-refractivity contribution in [3.63, 3.8) is 0 Å². The van der Waals surface area contributed by atoms with Gasteiger partial charge in [-0.25, -0.2) is 0 Å². The quantitative estimate of drug-likeness (QED) is 0.810. The fourth-order valence-corrected chi connectivity index (χ4v) is 3.37. The second-order valence-corrected chi connectivity index (χ2v) is 6.87. The van der Waals surface area contributed by atoms with Crippen molar-refractivity contribution in [2.75, 3.05) is 19.6 Å². The predicted octanol–water partition coefficient (Wildman–Crippen LogP) is 2.22. The van der Waals surface area contributed by atoms with Gasteiger partial charge in [0.25, 0.3) is 0 Å². The molecule has 0 aromatic heterocycles. The molecule has 1 fully saturated rings. The zero-order valence-corrected chi connectivity index (χ0v) is 14.4. The van der Waals surface area contributed by atoms with E-state index < -0.39 is 6.10 Å². The Morgan fingerprint density at radius 1 is 1.17 bits per heavy atom. The highest BCUT2D eigenvalue weighted by Gasteiger charge is 2.29. The molecule has 128 valence electrons. The maximum atomic E-state index is 12.6. The van der Waals surface area contributed by atoms with Crippen LogP contribution in [-0.4, -0.2) is 47.7 Å². The highest BCUT2D eigenvalue weighted by molar-refractivity contribution is 5.82. The van der Waals surface area contributed by atoms with Gasteiger partial charge in [0, 0.05) is 13.0 Å². The summed E-state index contributed by atoms with van der Waals surface area (Å²) in [5.41, 5.74) is 1.09. The van der Waals surface area contributed by atoms with Gasteiger partial charge in [-0.15, -0.1) is 0 Å². The van der Waals surface area contributed by atoms with E-state index in [1.165, 1.54) is 19.3 Å². The van der Waals surface area contributed by atoms with Crippen molar-refractivity contribution in [1.82, 2.24) is 10.2 Å². The smallest absolute Gasteiger partial charge is 0.237 e. The molecule has 4 heteroatoms. The molecule has 1 saturated heterocycles. The maximum Gasteiger partial charge on any atom is 0.237 e. The summed E-state index contributed by atoms with van der Waals surface area (Å²) in [5, 5.41) is 13.1. The molecule has 1 aliphatic heterocycles. The Kier molecular flexibility index (Phi) is 7.06. The molecular formula is C19H30N2O2. The molecule has 0 bridgehead atoms. The zero-order chi connectivity index (χ0) is 16.7. The first-order chi connectivity index (χ1) is 11.1. The van der Waals surface area contributed by atoms with Crippen LogP contribution in [0, 0.1) is 5.92 Å². The number of likely N-dealkylation sites (tertiary alicyclic amines) is 1. The summed E-state index contributed by atoms with van der Waals surface area (Å²) in [6.07, 6.45) is 3.63. The number of nitrogens with zero attached hydrogens (tertiary/aromatic N) is 1. The van der Waals surface area contributed by atoms with Gasteiger partial charge in [0.1, 0.15) is 0 Å². The third kappa shape index (κ3) is 5.63. The van der Waals surface area contributed by atoms with Crippen molar-refractivity contribution < 1.29 is 9.90 Å². The molecule has 0 aliphatic carbocycles. The van der Waals surface area contributed by atoms with E-state index in [4.69, 9.17) is 0 Å². The zero-order valence-electron chi connectivity index (χ0n) is 14.4. The number of hydrogen-bond donors (Lipinski definition) is 2. The maximum absolute atomic E-state index is 12.6. The number of aliphatic hydroxyl groups is 1. The minimum atomic E-state index is -0.546. The number of carbonyl (C=O) groups is 1. The summed E-state index contributed by atoms with van der Waals surface area (Å²) in [7, 11) is 0. The van der Waals surface area contributed by atoms with Crippen LogP contribution < -0.4 is 5.32 Å². The third-order valence-electron chi connectivity index (χ3n) is 4.51. The highest BCUT2D eigenvalue weighted by Crippen LogP contribution is 2.17. The van der Waals surface area contributed by atoms with Crippen LogP contribution in [0.4, 0.5) is 0 Å². The fraction of sp³-hybridized carbons (Fsp3) is 0.632. The summed E-state index contributed by atoms with van der Waals surface area (Å²) in [5.74, 6) is 0.327. The summed E-state index contributed by atoms with van der Waals surface area (Å²) < 4.78 is 0. The molecule has 1 aromatic rings. The van der Waals surface area contributed by atoms with E-state index in [9.17, 15) is 9.90 Å². The second-order valence-electron chi connectivity index (χ2n) is 6.87. The Bertz CT molecular complexity index is 470. The van der Waals surface area contributed by atoms with E-state index in [0.717, 1.165) is 18.7 Å². The van der Waals surface area contributed by atoms with E-state index in [2.05, 4.69) is 24.1 Å². The average molecular weight is 318 g/mol. The molecule has 1 aromatic carbocycles. The number of amides is 1. The number of hydrogen-bond acceptors (Lipinski definition) is 3. The van der Waals surface area contributed by atoms with Crippen LogP contribution in [-0.2, 0) is 11.2 Å². The van der Waals surface area contributed by atoms with E-state index >= 15 is 0 Å². The Labute approximate surface area is 139 Å². The van der Waals surface area contributed by atoms with Gasteiger partial charge < -0.3 is 10.4 Å². The Balaban J connectivity index is 1.83. The number of rotatable bonds is 7. The summed E-state index contributed by atoms with van der Waals surface area (Å²) in [6.45, 7) is 6.51. The van der Waals surface area contributed by atoms with Gasteiger partial charge in [-0.1, -0.05) is 50.6 Å². The summed E-state index contributed by atoms with van der Waals surface area (Å²) in [6, 6.07) is 9.80. The molecule has 0 spiro atoms. The summed E-state index contributed by atoms with van der Waals surface area (Å²) in [4.78, 5) is 14.9. The molecule has 2 N–H and O–H groups in total. The SMILES string of the molecule is CC(C)C(C(=O)NCC(O)Cc1ccccc1)N1CCCCC1. The van der Waals surface area contributed by atoms with Gasteiger partial charge in [-0.05, 0) is 37.4 Å². The van der Waals surface area contributed by atoms with E-state index in [1.807, 2.05) is 30.3 Å². The third-order valence-corrected chi connectivity index (χ3v) is 4.51. The number of benzene rings is 1. The Morgan fingerprint density at radius 3 is 2.43 bits per heavy atom. The summed E-state index contributed by atoms with van der Waals surface area (Å²) >= 11 is 0. The molecule has 23 heavy (non-hydrogen) atoms. The van der Waals surface area contributed by atoms with E-state index in [-0.39, 0.29) is 17.9 Å². The van der Waals surface area contributed by atoms with Crippen molar-refractivity contribution in [1.29, 1.82) is 0 Å². The lowest BCUT2D eigenvalue weighted by Gasteiger charge is -2.36. The normalized spacial score (nSPS) is 18.6. The number of carbonyl (C=O) groups excluding carboxylic acids is 1. The number of nitrogens with one attached hydrogen (secondary N) is 1. The van der Waals surface area contributed by atoms with Crippen LogP contribution in [0.2, 0.25) is 0 Å². The van der Waals surface area contributed by atoms with E-state index in [0.29, 0.717) is 13.0 Å². The number of aliphatic hydroxyl groups excluding tert-OH is 1. The first kappa shape index (κ1) is 18.0. The van der Waals surface area contributed by atoms with Crippen molar-refractivity contribution in [3.8, 4) is 0 Å². The van der Waals surface area contributed by atoms with Crippen LogP contribution in [0.25, 0.3) is 0 Å². The van der Waals surface area contributed by atoms with E-state index in [1.54, 1.807) is 0 Å². The van der Waals surface area contributed by atoms with Crippen molar-refractivity contribution in [2.24, 2.45) is 5.92 Å². The second kappa shape index (κ2) is 9.04. The van der Waals surface area contributed by atoms with Crippen LogP contribution in [0.15, 0.2) is 30.3 Å². The Hall–Kier alpha value is -1.39. The molecular weight excluding hydrogens is 288 g/mol. The van der Waals surface area contributed by atoms with Gasteiger partial charge in [-0.3, -0.25) is 9.69 Å². The largest absolute Gasteiger partial charge is 0.391 e. The lowest BCUT2D eigenvalue weighted by Crippen LogP contribution is -2.52. The average Bonchev–Trinajstić information content (AvgIpc) is 2.55. The molecule has 0 saturated carbocycles. The minimum absolute atomic E-state index is 0.0500. The first-order valence-electron chi connectivity index (χ1n) is 8.81. The lowest BCUT2D eigenvalue weighted by molar-refractivity contribution is -0.129. The molecule has 1 aliphatic rings. The fourth-order valence-electron chi connectivity index (χ4n) is 3.37. The highest BCUT2D eigenvalue weighted by atomic mass is 16.3. The van der Waals surface area contributed by atoms with Gasteiger partial charge in [0.15, 0.2) is 0 Å². The molecule has 2 rings (SSSR count). The molecule has 2 atom stereocenters. The molecule has 0 radical (unpaired) electrons. The van der Waals surface area contributed by atoms with Crippen molar-refractivity contribution >= 4 is 5.91 Å². The molecule has 1 amide bonds. The van der Waals surface area contributed by atoms with Crippen LogP contribution in [0.1, 0.15) is 38.7 Å². The standard InChI is InChI=1S/C19H30N2O2/c1-15(2)18(21-11-7-4-8-12-21)19(23)20-14-17(22)13-16-9-5-3-6-10-16/h3,5-6,9-10,15,17-18,22H,4,7-8,11-14H2,1-2H3,(H,20,23). The predicted molar refractivity (Wildman–Crippen MR) is 93.2 cm³/mol. The number of piperidine rings is 1. The van der Waals surface area contributed by atoms with Crippen molar-refractivity contribution in [2.45, 2.75) is 51.7 Å². The monoisotopic (exact) mass is 318 g/mol. The topological polar surface area (TPSA) is 52.6 Å². The Morgan fingerprint density at radius 2 is 1.83 bits per heavy atom.